The molecule has 0 saturated carbocycles. The number of hydrogen-bond donors (Lipinski definition) is 0. The molecule has 0 amide bonds. The fourth-order valence-electron chi connectivity index (χ4n) is 4.89. The predicted octanol–water partition coefficient (Wildman–Crippen LogP) is 4.23. The first kappa shape index (κ1) is 31.0. The SMILES string of the molecule is C1=N/CCN2CC/N=C/c3ccc(cc3)/C=N/CCN(CC/N=C/c3ccc/1cc3)CC/N=C/c1ccc(cc1)/C=N/CC2. The van der Waals surface area contributed by atoms with Crippen molar-refractivity contribution >= 4 is 37.3 Å². The molecule has 0 spiro atoms. The molecule has 0 fully saturated rings. The zero-order valence-electron chi connectivity index (χ0n) is 25.5. The Hall–Kier alpha value is -4.40. The molecule has 0 aliphatic carbocycles. The summed E-state index contributed by atoms with van der Waals surface area (Å²) >= 11 is 0. The topological polar surface area (TPSA) is 80.6 Å². The second-order valence-corrected chi connectivity index (χ2v) is 10.9. The van der Waals surface area contributed by atoms with Gasteiger partial charge in [0.05, 0.1) is 39.3 Å². The number of rotatable bonds is 0. The van der Waals surface area contributed by atoms with Crippen LogP contribution in [0.5, 0.6) is 0 Å². The highest BCUT2D eigenvalue weighted by Gasteiger charge is 2.05. The summed E-state index contributed by atoms with van der Waals surface area (Å²) in [5.41, 5.74) is 6.56. The first-order valence-electron chi connectivity index (χ1n) is 15.5. The van der Waals surface area contributed by atoms with Crippen LogP contribution in [0.15, 0.2) is 103 Å². The molecule has 0 aromatic heterocycles. The van der Waals surface area contributed by atoms with Gasteiger partial charge in [-0.2, -0.15) is 0 Å². The monoisotopic (exact) mass is 586 g/mol. The second kappa shape index (κ2) is 17.7. The van der Waals surface area contributed by atoms with Crippen molar-refractivity contribution in [3.63, 3.8) is 0 Å². The van der Waals surface area contributed by atoms with Crippen LogP contribution in [-0.2, 0) is 0 Å². The van der Waals surface area contributed by atoms with Crippen LogP contribution in [0.25, 0.3) is 0 Å². The number of aliphatic imine (C=N–C) groups is 6. The van der Waals surface area contributed by atoms with Crippen molar-refractivity contribution in [1.29, 1.82) is 0 Å². The van der Waals surface area contributed by atoms with E-state index in [0.29, 0.717) is 0 Å². The maximum atomic E-state index is 4.72. The molecule has 15 rings (SSSR count). The largest absolute Gasteiger partial charge is 0.298 e. The van der Waals surface area contributed by atoms with Crippen LogP contribution < -0.4 is 0 Å². The lowest BCUT2D eigenvalue weighted by molar-refractivity contribution is 0.298. The van der Waals surface area contributed by atoms with E-state index in [2.05, 4.69) is 82.6 Å². The number of benzene rings is 3. The van der Waals surface area contributed by atoms with Crippen molar-refractivity contribution in [1.82, 2.24) is 9.80 Å². The van der Waals surface area contributed by atoms with Crippen molar-refractivity contribution < 1.29 is 0 Å². The highest BCUT2D eigenvalue weighted by atomic mass is 15.2. The van der Waals surface area contributed by atoms with Gasteiger partial charge in [-0.3, -0.25) is 39.8 Å². The van der Waals surface area contributed by atoms with Crippen molar-refractivity contribution in [3.8, 4) is 0 Å². The van der Waals surface area contributed by atoms with Crippen LogP contribution in [0.2, 0.25) is 0 Å². The molecule has 0 radical (unpaired) electrons. The summed E-state index contributed by atoms with van der Waals surface area (Å²) in [6, 6.07) is 25.2. The standard InChI is InChI=1S/C36H42N8/c1-2-32-4-3-31(1)25-37-13-19-43-21-15-39-27-33-5-9-35(10-6-33)29-41-17-23-44(20-14-38-26-32)24-18-42-30-36-11-7-34(8-12-36)28-40-16-22-43/h1-12,25-30H,13-24H2/b37-25+,38-26+,39-27+,40-28+,41-29+,42-30+. The van der Waals surface area contributed by atoms with E-state index in [4.69, 9.17) is 30.0 Å². The minimum atomic E-state index is 0.721. The third-order valence-electron chi connectivity index (χ3n) is 7.52. The molecule has 8 bridgehead atoms. The first-order valence-corrected chi connectivity index (χ1v) is 15.5. The summed E-state index contributed by atoms with van der Waals surface area (Å²) in [5.74, 6) is 0. The van der Waals surface area contributed by atoms with Crippen molar-refractivity contribution in [2.24, 2.45) is 30.0 Å². The molecule has 226 valence electrons. The Kier molecular flexibility index (Phi) is 12.5. The Morgan fingerprint density at radius 1 is 0.273 bits per heavy atom. The van der Waals surface area contributed by atoms with Crippen molar-refractivity contribution in [2.45, 2.75) is 0 Å². The van der Waals surface area contributed by atoms with Gasteiger partial charge in [-0.05, 0) is 33.4 Å². The predicted molar refractivity (Wildman–Crippen MR) is 187 cm³/mol. The Morgan fingerprint density at radius 2 is 0.432 bits per heavy atom. The molecule has 0 saturated heterocycles. The molecule has 0 N–H and O–H groups in total. The van der Waals surface area contributed by atoms with Crippen molar-refractivity contribution in [2.75, 3.05) is 78.5 Å². The summed E-state index contributed by atoms with van der Waals surface area (Å²) in [7, 11) is 0. The molecule has 8 heteroatoms. The first-order chi connectivity index (χ1) is 21.8. The van der Waals surface area contributed by atoms with Gasteiger partial charge in [0.25, 0.3) is 0 Å². The molecule has 0 unspecified atom stereocenters. The van der Waals surface area contributed by atoms with Crippen molar-refractivity contribution in [3.05, 3.63) is 106 Å². The van der Waals surface area contributed by atoms with E-state index < -0.39 is 0 Å². The Labute approximate surface area is 261 Å². The van der Waals surface area contributed by atoms with Crippen LogP contribution in [0.1, 0.15) is 33.4 Å². The van der Waals surface area contributed by atoms with Crippen LogP contribution >= 0.6 is 0 Å². The van der Waals surface area contributed by atoms with Crippen LogP contribution in [0.4, 0.5) is 0 Å². The van der Waals surface area contributed by atoms with E-state index in [1.165, 1.54) is 0 Å². The Balaban J connectivity index is 1.39. The smallest absolute Gasteiger partial charge is 0.0517 e. The molecular formula is C36H42N8. The summed E-state index contributed by atoms with van der Waals surface area (Å²) in [6.07, 6.45) is 11.7. The summed E-state index contributed by atoms with van der Waals surface area (Å²) in [6.45, 7) is 9.44. The molecule has 12 heterocycles. The minimum absolute atomic E-state index is 0.721. The Bertz CT molecular complexity index is 1160. The van der Waals surface area contributed by atoms with Gasteiger partial charge >= 0.3 is 0 Å². The highest BCUT2D eigenvalue weighted by molar-refractivity contribution is 5.85. The summed E-state index contributed by atoms with van der Waals surface area (Å²) in [4.78, 5) is 33.1. The van der Waals surface area contributed by atoms with E-state index in [0.717, 1.165) is 112 Å². The lowest BCUT2D eigenvalue weighted by Crippen LogP contribution is -2.31. The summed E-state index contributed by atoms with van der Waals surface area (Å²) in [5, 5.41) is 0. The highest BCUT2D eigenvalue weighted by Crippen LogP contribution is 2.04. The van der Waals surface area contributed by atoms with Gasteiger partial charge in [0.1, 0.15) is 0 Å². The zero-order chi connectivity index (χ0) is 30.1. The molecule has 12 aliphatic rings. The quantitative estimate of drug-likeness (QED) is 0.395. The third-order valence-corrected chi connectivity index (χ3v) is 7.52. The lowest BCUT2D eigenvalue weighted by Gasteiger charge is -2.19. The minimum Gasteiger partial charge on any atom is -0.298 e. The maximum Gasteiger partial charge on any atom is 0.0517 e. The maximum absolute atomic E-state index is 4.72. The van der Waals surface area contributed by atoms with E-state index in [1.54, 1.807) is 0 Å². The van der Waals surface area contributed by atoms with E-state index in [-0.39, 0.29) is 0 Å². The molecule has 0 atom stereocenters. The van der Waals surface area contributed by atoms with Gasteiger partial charge in [0, 0.05) is 76.6 Å². The molecule has 12 aliphatic heterocycles. The molecule has 44 heavy (non-hydrogen) atoms. The fourth-order valence-corrected chi connectivity index (χ4v) is 4.89. The fraction of sp³-hybridized carbons (Fsp3) is 0.333. The molecular weight excluding hydrogens is 544 g/mol. The van der Waals surface area contributed by atoms with Gasteiger partial charge in [-0.1, -0.05) is 72.8 Å². The van der Waals surface area contributed by atoms with Crippen LogP contribution in [0, 0.1) is 0 Å². The average molecular weight is 587 g/mol. The summed E-state index contributed by atoms with van der Waals surface area (Å²) < 4.78 is 0. The normalized spacial score (nSPS) is 24.8. The van der Waals surface area contributed by atoms with E-state index >= 15 is 0 Å². The number of hydrogen-bond acceptors (Lipinski definition) is 8. The van der Waals surface area contributed by atoms with Crippen LogP contribution in [-0.4, -0.2) is 126 Å². The third kappa shape index (κ3) is 11.0. The van der Waals surface area contributed by atoms with Gasteiger partial charge in [0.2, 0.25) is 0 Å². The zero-order valence-corrected chi connectivity index (χ0v) is 25.5. The Morgan fingerprint density at radius 3 is 0.591 bits per heavy atom. The molecule has 3 aromatic rings. The second-order valence-electron chi connectivity index (χ2n) is 10.9. The average Bonchev–Trinajstić information content (AvgIpc) is 3.05. The van der Waals surface area contributed by atoms with Gasteiger partial charge in [-0.15, -0.1) is 0 Å². The van der Waals surface area contributed by atoms with Gasteiger partial charge in [-0.25, -0.2) is 0 Å². The molecule has 8 nitrogen and oxygen atoms in total. The van der Waals surface area contributed by atoms with Gasteiger partial charge < -0.3 is 0 Å². The number of nitrogens with zero attached hydrogens (tertiary/aromatic N) is 8. The molecule has 3 aromatic carbocycles. The van der Waals surface area contributed by atoms with E-state index in [9.17, 15) is 0 Å². The van der Waals surface area contributed by atoms with Crippen LogP contribution in [0.3, 0.4) is 0 Å². The lowest BCUT2D eigenvalue weighted by atomic mass is 10.1. The van der Waals surface area contributed by atoms with E-state index in [1.807, 2.05) is 37.3 Å². The van der Waals surface area contributed by atoms with Gasteiger partial charge in [0.15, 0.2) is 0 Å².